The van der Waals surface area contributed by atoms with E-state index >= 15 is 0 Å². The summed E-state index contributed by atoms with van der Waals surface area (Å²) in [4.78, 5) is 0. The van der Waals surface area contributed by atoms with Gasteiger partial charge in [-0.2, -0.15) is 0 Å². The van der Waals surface area contributed by atoms with Crippen LogP contribution < -0.4 is 9.47 Å². The summed E-state index contributed by atoms with van der Waals surface area (Å²) in [6.45, 7) is 10.9. The molecule has 0 N–H and O–H groups in total. The lowest BCUT2D eigenvalue weighted by Crippen LogP contribution is -2.30. The normalized spacial score (nSPS) is 18.3. The molecule has 1 atom stereocenters. The van der Waals surface area contributed by atoms with E-state index in [1.165, 1.54) is 50.8 Å². The lowest BCUT2D eigenvalue weighted by atomic mass is 9.65. The first-order valence-electron chi connectivity index (χ1n) is 12.9. The van der Waals surface area contributed by atoms with E-state index in [4.69, 9.17) is 9.47 Å². The highest BCUT2D eigenvalue weighted by molar-refractivity contribution is 5.88. The fraction of sp³-hybridized carbons (Fsp3) is 0.273. The molecule has 3 aromatic rings. The van der Waals surface area contributed by atoms with Crippen molar-refractivity contribution >= 4 is 5.57 Å². The smallest absolute Gasteiger partial charge is 0.129 e. The molecule has 0 fully saturated rings. The van der Waals surface area contributed by atoms with Gasteiger partial charge in [0.05, 0.1) is 18.3 Å². The molecular formula is C33H34O2. The van der Waals surface area contributed by atoms with E-state index in [0.717, 1.165) is 37.2 Å². The molecule has 2 nitrogen and oxygen atoms in total. The average molecular weight is 463 g/mol. The van der Waals surface area contributed by atoms with Gasteiger partial charge >= 0.3 is 0 Å². The van der Waals surface area contributed by atoms with Crippen molar-refractivity contribution in [2.75, 3.05) is 6.61 Å². The van der Waals surface area contributed by atoms with Gasteiger partial charge < -0.3 is 9.47 Å². The molecule has 0 saturated heterocycles. The van der Waals surface area contributed by atoms with E-state index in [1.807, 2.05) is 6.92 Å². The summed E-state index contributed by atoms with van der Waals surface area (Å²) in [6, 6.07) is 22.5. The Labute approximate surface area is 209 Å². The van der Waals surface area contributed by atoms with Gasteiger partial charge in [-0.15, -0.1) is 0 Å². The van der Waals surface area contributed by atoms with Crippen molar-refractivity contribution in [3.63, 3.8) is 0 Å². The summed E-state index contributed by atoms with van der Waals surface area (Å²) >= 11 is 0. The molecule has 0 aromatic heterocycles. The quantitative estimate of drug-likeness (QED) is 0.314. The molecule has 2 aliphatic rings. The van der Waals surface area contributed by atoms with Gasteiger partial charge in [0.15, 0.2) is 0 Å². The third-order valence-corrected chi connectivity index (χ3v) is 7.49. The highest BCUT2D eigenvalue weighted by Gasteiger charge is 2.47. The van der Waals surface area contributed by atoms with Gasteiger partial charge in [-0.05, 0) is 89.3 Å². The van der Waals surface area contributed by atoms with Gasteiger partial charge in [0.25, 0.3) is 0 Å². The molecule has 3 aromatic carbocycles. The van der Waals surface area contributed by atoms with Crippen molar-refractivity contribution in [1.29, 1.82) is 0 Å². The maximum atomic E-state index is 5.99. The molecule has 0 radical (unpaired) electrons. The summed E-state index contributed by atoms with van der Waals surface area (Å²) in [6.07, 6.45) is 10.2. The summed E-state index contributed by atoms with van der Waals surface area (Å²) in [5.41, 5.74) is 10.2. The summed E-state index contributed by atoms with van der Waals surface area (Å²) in [5, 5.41) is 0. The van der Waals surface area contributed by atoms with Crippen molar-refractivity contribution in [3.05, 3.63) is 125 Å². The fourth-order valence-corrected chi connectivity index (χ4v) is 5.98. The lowest BCUT2D eigenvalue weighted by molar-refractivity contribution is 0.336. The molecule has 2 heteroatoms. The van der Waals surface area contributed by atoms with Crippen LogP contribution in [0.4, 0.5) is 0 Å². The highest BCUT2D eigenvalue weighted by Crippen LogP contribution is 2.57. The molecule has 0 unspecified atom stereocenters. The molecule has 35 heavy (non-hydrogen) atoms. The van der Waals surface area contributed by atoms with Crippen LogP contribution >= 0.6 is 0 Å². The Morgan fingerprint density at radius 2 is 1.57 bits per heavy atom. The maximum Gasteiger partial charge on any atom is 0.129 e. The summed E-state index contributed by atoms with van der Waals surface area (Å²) < 4.78 is 11.7. The zero-order valence-electron chi connectivity index (χ0n) is 21.1. The monoisotopic (exact) mass is 462 g/mol. The first-order valence-corrected chi connectivity index (χ1v) is 12.9. The standard InChI is InChI=1S/C33H34O2/c1-5-23-21-25(17-19-31(23)34-7-3)33(26-18-20-32(35-8-4)24(6-2)22-26)29-15-11-9-13-27(29)28-14-10-12-16-30(28)33/h7,9,11-13,15-22H,3,5-6,8,10,14H2,1-2,4H3/t33-/m0/s1. The van der Waals surface area contributed by atoms with Crippen molar-refractivity contribution in [3.8, 4) is 11.5 Å². The molecule has 2 aliphatic carbocycles. The molecule has 0 aliphatic heterocycles. The number of hydrogen-bond donors (Lipinski definition) is 0. The Balaban J connectivity index is 1.85. The molecule has 5 rings (SSSR count). The lowest BCUT2D eigenvalue weighted by Gasteiger charge is -2.36. The Morgan fingerprint density at radius 1 is 0.886 bits per heavy atom. The first-order chi connectivity index (χ1) is 17.2. The van der Waals surface area contributed by atoms with E-state index in [1.54, 1.807) is 0 Å². The molecule has 0 saturated carbocycles. The Hall–Kier alpha value is -3.52. The molecule has 0 spiro atoms. The predicted molar refractivity (Wildman–Crippen MR) is 145 cm³/mol. The zero-order chi connectivity index (χ0) is 24.4. The Bertz CT molecular complexity index is 1330. The molecule has 0 amide bonds. The first kappa shape index (κ1) is 23.2. The third kappa shape index (κ3) is 3.63. The zero-order valence-corrected chi connectivity index (χ0v) is 21.1. The Morgan fingerprint density at radius 3 is 2.26 bits per heavy atom. The van der Waals surface area contributed by atoms with Crippen molar-refractivity contribution in [2.24, 2.45) is 0 Å². The highest BCUT2D eigenvalue weighted by atomic mass is 16.5. The SMILES string of the molecule is C=COc1ccc([C@@]2(c3ccc(OCC)c(CC)c3)C3=C(CCC=C3)c3ccccc32)cc1CC. The van der Waals surface area contributed by atoms with Crippen LogP contribution in [0.5, 0.6) is 11.5 Å². The van der Waals surface area contributed by atoms with E-state index in [-0.39, 0.29) is 5.41 Å². The summed E-state index contributed by atoms with van der Waals surface area (Å²) in [5.74, 6) is 1.86. The van der Waals surface area contributed by atoms with E-state index in [0.29, 0.717) is 6.61 Å². The fourth-order valence-electron chi connectivity index (χ4n) is 5.98. The predicted octanol–water partition coefficient (Wildman–Crippen LogP) is 8.18. The van der Waals surface area contributed by atoms with Crippen LogP contribution in [0.1, 0.15) is 67.0 Å². The summed E-state index contributed by atoms with van der Waals surface area (Å²) in [7, 11) is 0. The minimum atomic E-state index is -0.381. The van der Waals surface area contributed by atoms with Gasteiger partial charge in [-0.3, -0.25) is 0 Å². The second kappa shape index (κ2) is 9.62. The molecule has 0 bridgehead atoms. The van der Waals surface area contributed by atoms with Crippen molar-refractivity contribution in [2.45, 2.75) is 51.9 Å². The Kier molecular flexibility index (Phi) is 6.38. The number of benzene rings is 3. The van der Waals surface area contributed by atoms with E-state index in [9.17, 15) is 0 Å². The van der Waals surface area contributed by atoms with Crippen LogP contribution in [-0.4, -0.2) is 6.61 Å². The minimum Gasteiger partial charge on any atom is -0.494 e. The van der Waals surface area contributed by atoms with Crippen LogP contribution in [0.25, 0.3) is 5.57 Å². The molecule has 178 valence electrons. The third-order valence-electron chi connectivity index (χ3n) is 7.49. The number of ether oxygens (including phenoxy) is 2. The van der Waals surface area contributed by atoms with E-state index in [2.05, 4.69) is 93.2 Å². The number of fused-ring (bicyclic) bond motifs is 2. The van der Waals surface area contributed by atoms with Crippen LogP contribution in [0.15, 0.2) is 91.2 Å². The van der Waals surface area contributed by atoms with Gasteiger partial charge in [-0.25, -0.2) is 0 Å². The van der Waals surface area contributed by atoms with Crippen LogP contribution in [0, 0.1) is 0 Å². The maximum absolute atomic E-state index is 5.99. The average Bonchev–Trinajstić information content (AvgIpc) is 3.21. The van der Waals surface area contributed by atoms with Gasteiger partial charge in [-0.1, -0.05) is 81.1 Å². The van der Waals surface area contributed by atoms with Crippen LogP contribution in [-0.2, 0) is 18.3 Å². The number of allylic oxidation sites excluding steroid dienone is 4. The number of rotatable bonds is 8. The van der Waals surface area contributed by atoms with Crippen LogP contribution in [0.2, 0.25) is 0 Å². The van der Waals surface area contributed by atoms with Gasteiger partial charge in [0.2, 0.25) is 0 Å². The number of aryl methyl sites for hydroxylation is 2. The van der Waals surface area contributed by atoms with Crippen molar-refractivity contribution < 1.29 is 9.47 Å². The topological polar surface area (TPSA) is 18.5 Å². The van der Waals surface area contributed by atoms with Crippen LogP contribution in [0.3, 0.4) is 0 Å². The molecule has 0 heterocycles. The van der Waals surface area contributed by atoms with Gasteiger partial charge in [0, 0.05) is 0 Å². The minimum absolute atomic E-state index is 0.381. The van der Waals surface area contributed by atoms with Crippen molar-refractivity contribution in [1.82, 2.24) is 0 Å². The molecular weight excluding hydrogens is 428 g/mol. The number of hydrogen-bond acceptors (Lipinski definition) is 2. The second-order valence-corrected chi connectivity index (χ2v) is 9.20. The van der Waals surface area contributed by atoms with E-state index < -0.39 is 0 Å². The second-order valence-electron chi connectivity index (χ2n) is 9.20. The largest absolute Gasteiger partial charge is 0.494 e. The van der Waals surface area contributed by atoms with Gasteiger partial charge in [0.1, 0.15) is 11.5 Å².